The van der Waals surface area contributed by atoms with Crippen LogP contribution in [0.2, 0.25) is 0 Å². The molecule has 0 amide bonds. The van der Waals surface area contributed by atoms with Gasteiger partial charge in [-0.05, 0) is 26.2 Å². The van der Waals surface area contributed by atoms with Crippen molar-refractivity contribution < 1.29 is 63.0 Å². The predicted molar refractivity (Wildman–Crippen MR) is 88.5 cm³/mol. The standard InChI is InChI=1S/C19H18F10O4/c1-4-11(33-12(30)7(2)3)14(20,21)13(31)32-10-6-8-5-9(10)16(23)15(8,22)17(24,25)19(28,29)18(16,26)27/h8-11H,2,4-6H2,1,3H3. The maximum atomic E-state index is 15.3. The second-order valence-electron chi connectivity index (χ2n) is 8.57. The zero-order chi connectivity index (χ0) is 25.6. The molecular formula is C19H18F10O4. The van der Waals surface area contributed by atoms with Crippen LogP contribution in [0.4, 0.5) is 43.9 Å². The van der Waals surface area contributed by atoms with Gasteiger partial charge in [0.15, 0.2) is 6.10 Å². The first-order chi connectivity index (χ1) is 14.8. The molecule has 3 rings (SSSR count). The van der Waals surface area contributed by atoms with Gasteiger partial charge >= 0.3 is 35.6 Å². The van der Waals surface area contributed by atoms with E-state index in [-0.39, 0.29) is 5.57 Å². The fourth-order valence-corrected chi connectivity index (χ4v) is 5.03. The molecule has 3 aliphatic carbocycles. The summed E-state index contributed by atoms with van der Waals surface area (Å²) in [7, 11) is 0. The third-order valence-electron chi connectivity index (χ3n) is 6.71. The molecule has 0 spiro atoms. The Morgan fingerprint density at radius 1 is 0.970 bits per heavy atom. The highest BCUT2D eigenvalue weighted by atomic mass is 19.4. The number of ether oxygens (including phenoxy) is 2. The smallest absolute Gasteiger partial charge is 0.381 e. The molecule has 4 nitrogen and oxygen atoms in total. The van der Waals surface area contributed by atoms with Gasteiger partial charge in [0.1, 0.15) is 6.10 Å². The van der Waals surface area contributed by atoms with Gasteiger partial charge in [-0.15, -0.1) is 0 Å². The zero-order valence-electron chi connectivity index (χ0n) is 17.1. The van der Waals surface area contributed by atoms with E-state index >= 15 is 8.78 Å². The Bertz CT molecular complexity index is 890. The van der Waals surface area contributed by atoms with Gasteiger partial charge in [-0.1, -0.05) is 13.5 Å². The lowest BCUT2D eigenvalue weighted by molar-refractivity contribution is -0.298. The van der Waals surface area contributed by atoms with Crippen LogP contribution in [0.5, 0.6) is 0 Å². The zero-order valence-corrected chi connectivity index (χ0v) is 17.1. The van der Waals surface area contributed by atoms with Gasteiger partial charge in [0.05, 0.1) is 0 Å². The van der Waals surface area contributed by atoms with Crippen LogP contribution in [0.25, 0.3) is 0 Å². The number of hydrogen-bond acceptors (Lipinski definition) is 4. The number of rotatable bonds is 6. The molecule has 3 fully saturated rings. The predicted octanol–water partition coefficient (Wildman–Crippen LogP) is 4.81. The highest BCUT2D eigenvalue weighted by Gasteiger charge is 3.04. The highest BCUT2D eigenvalue weighted by molar-refractivity contribution is 5.88. The quantitative estimate of drug-likeness (QED) is 0.299. The molecule has 3 aliphatic rings. The minimum absolute atomic E-state index is 0.310. The number of halogens is 10. The van der Waals surface area contributed by atoms with Crippen LogP contribution in [-0.4, -0.2) is 59.2 Å². The molecule has 0 aromatic rings. The van der Waals surface area contributed by atoms with Crippen LogP contribution in [-0.2, 0) is 19.1 Å². The van der Waals surface area contributed by atoms with Crippen molar-refractivity contribution in [2.75, 3.05) is 0 Å². The Morgan fingerprint density at radius 2 is 1.48 bits per heavy atom. The summed E-state index contributed by atoms with van der Waals surface area (Å²) in [5.41, 5.74) is -10.5. The van der Waals surface area contributed by atoms with Crippen molar-refractivity contribution in [3.8, 4) is 0 Å². The third-order valence-corrected chi connectivity index (χ3v) is 6.71. The van der Waals surface area contributed by atoms with E-state index in [9.17, 15) is 44.7 Å². The first-order valence-electron chi connectivity index (χ1n) is 9.73. The number of fused-ring (bicyclic) bond motifs is 5. The first kappa shape index (κ1) is 25.6. The van der Waals surface area contributed by atoms with Crippen molar-refractivity contribution in [2.24, 2.45) is 11.8 Å². The number of hydrogen-bond donors (Lipinski definition) is 0. The average molecular weight is 500 g/mol. The summed E-state index contributed by atoms with van der Waals surface area (Å²) >= 11 is 0. The SMILES string of the molecule is C=C(C)C(=O)OC(CC)C(F)(F)C(=O)OC1CC2CC1C1(F)C(F)(F)C(F)(F)C(F)(F)C21F. The molecule has 0 saturated heterocycles. The van der Waals surface area contributed by atoms with Crippen LogP contribution in [0.1, 0.15) is 33.1 Å². The van der Waals surface area contributed by atoms with Crippen molar-refractivity contribution >= 4 is 11.9 Å². The molecule has 0 aromatic carbocycles. The van der Waals surface area contributed by atoms with Gasteiger partial charge in [0.2, 0.25) is 11.3 Å². The second-order valence-corrected chi connectivity index (χ2v) is 8.57. The van der Waals surface area contributed by atoms with E-state index in [1.165, 1.54) is 0 Å². The fraction of sp³-hybridized carbons (Fsp3) is 0.789. The third kappa shape index (κ3) is 2.71. The molecule has 6 atom stereocenters. The second kappa shape index (κ2) is 7.00. The van der Waals surface area contributed by atoms with E-state index in [0.717, 1.165) is 13.8 Å². The molecule has 6 unspecified atom stereocenters. The molecule has 2 bridgehead atoms. The van der Waals surface area contributed by atoms with Crippen molar-refractivity contribution in [2.45, 2.75) is 80.3 Å². The van der Waals surface area contributed by atoms with E-state index in [0.29, 0.717) is 0 Å². The number of carbonyl (C=O) groups excluding carboxylic acids is 2. The van der Waals surface area contributed by atoms with Crippen LogP contribution < -0.4 is 0 Å². The Labute approximate surface area is 180 Å². The molecular weight excluding hydrogens is 482 g/mol. The Hall–Kier alpha value is -2.02. The topological polar surface area (TPSA) is 52.6 Å². The molecule has 188 valence electrons. The summed E-state index contributed by atoms with van der Waals surface area (Å²) in [6, 6.07) is 0. The minimum atomic E-state index is -6.42. The molecule has 3 saturated carbocycles. The lowest BCUT2D eigenvalue weighted by atomic mass is 9.73. The van der Waals surface area contributed by atoms with Crippen molar-refractivity contribution in [3.05, 3.63) is 12.2 Å². The van der Waals surface area contributed by atoms with E-state index < -0.39 is 90.3 Å². The largest absolute Gasteiger partial charge is 0.457 e. The molecule has 0 N–H and O–H groups in total. The van der Waals surface area contributed by atoms with Gasteiger partial charge in [-0.2, -0.15) is 35.1 Å². The van der Waals surface area contributed by atoms with Crippen molar-refractivity contribution in [1.29, 1.82) is 0 Å². The van der Waals surface area contributed by atoms with Gasteiger partial charge in [-0.25, -0.2) is 18.4 Å². The maximum absolute atomic E-state index is 15.3. The maximum Gasteiger partial charge on any atom is 0.381 e. The van der Waals surface area contributed by atoms with Crippen LogP contribution in [0.15, 0.2) is 12.2 Å². The monoisotopic (exact) mass is 500 g/mol. The highest BCUT2D eigenvalue weighted by Crippen LogP contribution is 2.79. The molecule has 33 heavy (non-hydrogen) atoms. The van der Waals surface area contributed by atoms with Gasteiger partial charge in [0, 0.05) is 17.4 Å². The van der Waals surface area contributed by atoms with Crippen molar-refractivity contribution in [1.82, 2.24) is 0 Å². The molecule has 0 aromatic heterocycles. The van der Waals surface area contributed by atoms with E-state index in [1.807, 2.05) is 0 Å². The first-order valence-corrected chi connectivity index (χ1v) is 9.73. The number of carbonyl (C=O) groups is 2. The summed E-state index contributed by atoms with van der Waals surface area (Å²) in [6.45, 7) is 5.34. The van der Waals surface area contributed by atoms with Gasteiger partial charge in [-0.3, -0.25) is 0 Å². The van der Waals surface area contributed by atoms with Crippen molar-refractivity contribution in [3.63, 3.8) is 0 Å². The molecule has 0 aliphatic heterocycles. The van der Waals surface area contributed by atoms with Crippen LogP contribution in [0, 0.1) is 11.8 Å². The molecule has 14 heteroatoms. The van der Waals surface area contributed by atoms with E-state index in [1.54, 1.807) is 0 Å². The van der Waals surface area contributed by atoms with Crippen LogP contribution >= 0.6 is 0 Å². The Morgan fingerprint density at radius 3 is 1.97 bits per heavy atom. The number of alkyl halides is 10. The lowest BCUT2D eigenvalue weighted by Gasteiger charge is -2.42. The van der Waals surface area contributed by atoms with Gasteiger partial charge < -0.3 is 9.47 Å². The Kier molecular flexibility index (Phi) is 5.43. The summed E-state index contributed by atoms with van der Waals surface area (Å²) in [4.78, 5) is 23.6. The minimum Gasteiger partial charge on any atom is -0.457 e. The summed E-state index contributed by atoms with van der Waals surface area (Å²) in [6.07, 6.45) is -7.76. The molecule has 0 heterocycles. The normalized spacial score (nSPS) is 38.5. The summed E-state index contributed by atoms with van der Waals surface area (Å²) in [5.74, 6) is -32.4. The Balaban J connectivity index is 1.89. The lowest BCUT2D eigenvalue weighted by Crippen LogP contribution is -2.64. The fourth-order valence-electron chi connectivity index (χ4n) is 5.03. The van der Waals surface area contributed by atoms with E-state index in [2.05, 4.69) is 16.1 Å². The summed E-state index contributed by atoms with van der Waals surface area (Å²) < 4.78 is 152. The summed E-state index contributed by atoms with van der Waals surface area (Å²) in [5, 5.41) is 0. The van der Waals surface area contributed by atoms with Crippen LogP contribution in [0.3, 0.4) is 0 Å². The van der Waals surface area contributed by atoms with E-state index in [4.69, 9.17) is 0 Å². The molecule has 0 radical (unpaired) electrons. The van der Waals surface area contributed by atoms with Gasteiger partial charge in [0.25, 0.3) is 0 Å². The average Bonchev–Trinajstić information content (AvgIpc) is 3.23. The number of esters is 2.